The first-order chi connectivity index (χ1) is 10.1. The number of hydrogen-bond acceptors (Lipinski definition) is 5. The van der Waals surface area contributed by atoms with E-state index in [0.29, 0.717) is 4.88 Å². The number of aliphatic hydroxyl groups excluding tert-OH is 1. The van der Waals surface area contributed by atoms with Gasteiger partial charge in [0.2, 0.25) is 0 Å². The molecule has 110 valence electrons. The number of nitrogens with zero attached hydrogens (tertiary/aromatic N) is 2. The quantitative estimate of drug-likeness (QED) is 0.776. The van der Waals surface area contributed by atoms with E-state index in [1.54, 1.807) is 4.68 Å². The van der Waals surface area contributed by atoms with Crippen molar-refractivity contribution in [1.29, 1.82) is 0 Å². The number of aliphatic hydroxyl groups is 1. The zero-order chi connectivity index (χ0) is 15.0. The normalized spacial score (nSPS) is 12.7. The maximum absolute atomic E-state index is 12.2. The minimum absolute atomic E-state index is 0.162. The third kappa shape index (κ3) is 2.72. The van der Waals surface area contributed by atoms with Crippen LogP contribution in [0.5, 0.6) is 0 Å². The summed E-state index contributed by atoms with van der Waals surface area (Å²) < 4.78 is 1.78. The van der Waals surface area contributed by atoms with Gasteiger partial charge in [0.05, 0.1) is 16.7 Å². The van der Waals surface area contributed by atoms with E-state index in [0.717, 1.165) is 21.5 Å². The fourth-order valence-corrected chi connectivity index (χ4v) is 3.92. The molecule has 0 bridgehead atoms. The van der Waals surface area contributed by atoms with Crippen LogP contribution in [-0.2, 0) is 7.05 Å². The van der Waals surface area contributed by atoms with Gasteiger partial charge in [0.25, 0.3) is 5.91 Å². The highest BCUT2D eigenvalue weighted by Crippen LogP contribution is 2.27. The Morgan fingerprint density at radius 2 is 2.38 bits per heavy atom. The molecule has 0 aromatic carbocycles. The Labute approximate surface area is 129 Å². The standard InChI is InChI=1S/C14H15N3O2S2/c1-8-10-5-12(21-14(10)17(2)16-8)13(19)15-6-11(18)9-3-4-20-7-9/h3-5,7,11,18H,6H2,1-2H3,(H,15,19). The second-order valence-corrected chi connectivity index (χ2v) is 6.63. The number of amides is 1. The highest BCUT2D eigenvalue weighted by molar-refractivity contribution is 7.20. The van der Waals surface area contributed by atoms with E-state index in [1.807, 2.05) is 36.9 Å². The lowest BCUT2D eigenvalue weighted by atomic mass is 10.2. The number of aromatic nitrogens is 2. The van der Waals surface area contributed by atoms with Gasteiger partial charge in [0, 0.05) is 19.0 Å². The van der Waals surface area contributed by atoms with E-state index in [1.165, 1.54) is 22.7 Å². The summed E-state index contributed by atoms with van der Waals surface area (Å²) in [6.45, 7) is 2.14. The van der Waals surface area contributed by atoms with Gasteiger partial charge in [-0.3, -0.25) is 9.48 Å². The van der Waals surface area contributed by atoms with E-state index in [2.05, 4.69) is 10.4 Å². The second-order valence-electron chi connectivity index (χ2n) is 4.82. The molecule has 2 N–H and O–H groups in total. The van der Waals surface area contributed by atoms with Crippen LogP contribution in [0.15, 0.2) is 22.9 Å². The first-order valence-corrected chi connectivity index (χ1v) is 8.23. The molecular weight excluding hydrogens is 306 g/mol. The molecule has 0 spiro atoms. The molecule has 0 aliphatic carbocycles. The van der Waals surface area contributed by atoms with Crippen LogP contribution in [0, 0.1) is 6.92 Å². The van der Waals surface area contributed by atoms with Crippen molar-refractivity contribution in [2.45, 2.75) is 13.0 Å². The van der Waals surface area contributed by atoms with E-state index >= 15 is 0 Å². The zero-order valence-electron chi connectivity index (χ0n) is 11.7. The van der Waals surface area contributed by atoms with Crippen LogP contribution in [0.3, 0.4) is 0 Å². The molecule has 21 heavy (non-hydrogen) atoms. The molecule has 1 amide bonds. The maximum Gasteiger partial charge on any atom is 0.261 e. The van der Waals surface area contributed by atoms with Crippen LogP contribution in [0.4, 0.5) is 0 Å². The van der Waals surface area contributed by atoms with Gasteiger partial charge >= 0.3 is 0 Å². The number of carbonyl (C=O) groups excluding carboxylic acids is 1. The molecule has 0 saturated carbocycles. The van der Waals surface area contributed by atoms with Crippen molar-refractivity contribution in [2.75, 3.05) is 6.54 Å². The zero-order valence-corrected chi connectivity index (χ0v) is 13.3. The first kappa shape index (κ1) is 14.2. The Morgan fingerprint density at radius 3 is 3.05 bits per heavy atom. The lowest BCUT2D eigenvalue weighted by Crippen LogP contribution is -2.27. The minimum Gasteiger partial charge on any atom is -0.387 e. The topological polar surface area (TPSA) is 67.2 Å². The summed E-state index contributed by atoms with van der Waals surface area (Å²) in [5.74, 6) is -0.162. The van der Waals surface area contributed by atoms with E-state index in [4.69, 9.17) is 0 Å². The Morgan fingerprint density at radius 1 is 1.57 bits per heavy atom. The summed E-state index contributed by atoms with van der Waals surface area (Å²) in [4.78, 5) is 13.8. The third-order valence-electron chi connectivity index (χ3n) is 3.30. The summed E-state index contributed by atoms with van der Waals surface area (Å²) >= 11 is 2.94. The number of aryl methyl sites for hydroxylation is 2. The second kappa shape index (κ2) is 5.59. The molecule has 0 fully saturated rings. The van der Waals surface area contributed by atoms with Crippen LogP contribution >= 0.6 is 22.7 Å². The molecule has 0 saturated heterocycles. The lowest BCUT2D eigenvalue weighted by Gasteiger charge is -2.09. The largest absolute Gasteiger partial charge is 0.387 e. The van der Waals surface area contributed by atoms with Gasteiger partial charge in [-0.05, 0) is 35.4 Å². The molecule has 0 aliphatic heterocycles. The van der Waals surface area contributed by atoms with Crippen LogP contribution < -0.4 is 5.32 Å². The van der Waals surface area contributed by atoms with Crippen molar-refractivity contribution in [2.24, 2.45) is 7.05 Å². The summed E-state index contributed by atoms with van der Waals surface area (Å²) in [6.07, 6.45) is -0.669. The molecule has 0 radical (unpaired) electrons. The van der Waals surface area contributed by atoms with E-state index in [9.17, 15) is 9.90 Å². The van der Waals surface area contributed by atoms with Crippen molar-refractivity contribution >= 4 is 38.8 Å². The number of nitrogens with one attached hydrogen (secondary N) is 1. The van der Waals surface area contributed by atoms with Gasteiger partial charge < -0.3 is 10.4 Å². The number of carbonyl (C=O) groups is 1. The van der Waals surface area contributed by atoms with E-state index < -0.39 is 6.10 Å². The molecule has 3 aromatic heterocycles. The number of fused-ring (bicyclic) bond motifs is 1. The van der Waals surface area contributed by atoms with Crippen LogP contribution in [0.2, 0.25) is 0 Å². The van der Waals surface area contributed by atoms with Gasteiger partial charge in [0.15, 0.2) is 0 Å². The SMILES string of the molecule is Cc1nn(C)c2sc(C(=O)NCC(O)c3ccsc3)cc12. The van der Waals surface area contributed by atoms with Crippen molar-refractivity contribution in [1.82, 2.24) is 15.1 Å². The molecule has 3 heterocycles. The van der Waals surface area contributed by atoms with E-state index in [-0.39, 0.29) is 12.5 Å². The third-order valence-corrected chi connectivity index (χ3v) is 5.21. The summed E-state index contributed by atoms with van der Waals surface area (Å²) in [7, 11) is 1.87. The molecule has 1 unspecified atom stereocenters. The van der Waals surface area contributed by atoms with Gasteiger partial charge in [-0.1, -0.05) is 0 Å². The molecule has 5 nitrogen and oxygen atoms in total. The van der Waals surface area contributed by atoms with Crippen molar-refractivity contribution in [3.8, 4) is 0 Å². The van der Waals surface area contributed by atoms with Gasteiger partial charge in [-0.25, -0.2) is 0 Å². The smallest absolute Gasteiger partial charge is 0.261 e. The van der Waals surface area contributed by atoms with Crippen molar-refractivity contribution in [3.05, 3.63) is 39.0 Å². The predicted molar refractivity (Wildman–Crippen MR) is 84.9 cm³/mol. The first-order valence-electron chi connectivity index (χ1n) is 6.47. The summed E-state index contributed by atoms with van der Waals surface area (Å²) in [5.41, 5.74) is 1.75. The summed E-state index contributed by atoms with van der Waals surface area (Å²) in [6, 6.07) is 3.71. The lowest BCUT2D eigenvalue weighted by molar-refractivity contribution is 0.0920. The molecule has 3 aromatic rings. The Bertz CT molecular complexity index is 739. The Kier molecular flexibility index (Phi) is 3.79. The fourth-order valence-electron chi connectivity index (χ4n) is 2.18. The van der Waals surface area contributed by atoms with Crippen LogP contribution in [0.25, 0.3) is 10.2 Å². The monoisotopic (exact) mass is 321 g/mol. The van der Waals surface area contributed by atoms with Gasteiger partial charge in [0.1, 0.15) is 4.83 Å². The fraction of sp³-hybridized carbons (Fsp3) is 0.286. The van der Waals surface area contributed by atoms with Crippen LogP contribution in [0.1, 0.15) is 27.0 Å². The Balaban J connectivity index is 1.71. The van der Waals surface area contributed by atoms with Crippen molar-refractivity contribution in [3.63, 3.8) is 0 Å². The number of rotatable bonds is 4. The molecular formula is C14H15N3O2S2. The average Bonchev–Trinajstić information content (AvgIpc) is 3.15. The van der Waals surface area contributed by atoms with Crippen LogP contribution in [-0.4, -0.2) is 27.3 Å². The van der Waals surface area contributed by atoms with Gasteiger partial charge in [-0.2, -0.15) is 16.4 Å². The summed E-state index contributed by atoms with van der Waals surface area (Å²) in [5, 5.41) is 21.9. The number of hydrogen-bond donors (Lipinski definition) is 2. The molecule has 7 heteroatoms. The highest BCUT2D eigenvalue weighted by atomic mass is 32.1. The average molecular weight is 321 g/mol. The predicted octanol–water partition coefficient (Wildman–Crippen LogP) is 2.47. The molecule has 1 atom stereocenters. The highest BCUT2D eigenvalue weighted by Gasteiger charge is 2.16. The molecule has 0 aliphatic rings. The molecule has 3 rings (SSSR count). The number of thiophene rings is 2. The Hall–Kier alpha value is -1.70. The van der Waals surface area contributed by atoms with Crippen molar-refractivity contribution < 1.29 is 9.90 Å². The maximum atomic E-state index is 12.2. The minimum atomic E-state index is -0.669. The van der Waals surface area contributed by atoms with Gasteiger partial charge in [-0.15, -0.1) is 11.3 Å².